The van der Waals surface area contributed by atoms with Crippen LogP contribution >= 0.6 is 0 Å². The third kappa shape index (κ3) is 5.17. The van der Waals surface area contributed by atoms with Crippen molar-refractivity contribution in [3.8, 4) is 22.8 Å². The van der Waals surface area contributed by atoms with Gasteiger partial charge in [-0.3, -0.25) is 9.59 Å². The highest BCUT2D eigenvalue weighted by Gasteiger charge is 2.29. The second-order valence-corrected chi connectivity index (χ2v) is 8.83. The van der Waals surface area contributed by atoms with E-state index in [1.54, 1.807) is 17.9 Å². The Labute approximate surface area is 204 Å². The van der Waals surface area contributed by atoms with Gasteiger partial charge in [-0.1, -0.05) is 36.4 Å². The molecule has 3 aromatic rings. The summed E-state index contributed by atoms with van der Waals surface area (Å²) in [5.41, 5.74) is 3.09. The average molecular weight is 476 g/mol. The highest BCUT2D eigenvalue weighted by molar-refractivity contribution is 5.96. The van der Waals surface area contributed by atoms with Gasteiger partial charge in [0.1, 0.15) is 11.7 Å². The van der Waals surface area contributed by atoms with E-state index in [0.29, 0.717) is 23.7 Å². The summed E-state index contributed by atoms with van der Waals surface area (Å²) in [6.07, 6.45) is 1.96. The van der Waals surface area contributed by atoms with E-state index in [1.807, 2.05) is 54.6 Å². The van der Waals surface area contributed by atoms with Gasteiger partial charge in [-0.15, -0.1) is 0 Å². The van der Waals surface area contributed by atoms with Gasteiger partial charge in [-0.05, 0) is 55.2 Å². The summed E-state index contributed by atoms with van der Waals surface area (Å²) in [5.74, 6) is 0.830. The molecule has 0 spiro atoms. The molecule has 0 radical (unpaired) electrons. The fourth-order valence-corrected chi connectivity index (χ4v) is 4.39. The van der Waals surface area contributed by atoms with Crippen molar-refractivity contribution < 1.29 is 23.8 Å². The van der Waals surface area contributed by atoms with Gasteiger partial charge in [-0.2, -0.15) is 0 Å². The summed E-state index contributed by atoms with van der Waals surface area (Å²) in [4.78, 5) is 31.5. The number of amides is 2. The zero-order valence-electron chi connectivity index (χ0n) is 19.7. The van der Waals surface area contributed by atoms with Crippen LogP contribution in [-0.2, 0) is 16.1 Å². The van der Waals surface area contributed by atoms with Crippen LogP contribution < -0.4 is 14.8 Å². The summed E-state index contributed by atoms with van der Waals surface area (Å²) < 4.78 is 16.5. The standard InChI is InChI=1S/C27H29N3O5/c1-18(26(31)28-15-21-8-5-13-33-21)30(16-19-9-12-24-25(14-19)35-17-34-24)27(32)23-11-10-22(29-23)20-6-3-2-4-7-20/h2-4,6-7,9-12,14,18,21,29H,5,8,13,15-17H2,1H3,(H,28,31). The second kappa shape index (κ2) is 10.2. The van der Waals surface area contributed by atoms with Crippen LogP contribution in [0.1, 0.15) is 35.8 Å². The number of hydrogen-bond donors (Lipinski definition) is 2. The number of ether oxygens (including phenoxy) is 3. The SMILES string of the molecule is CC(C(=O)NCC1CCCO1)N(Cc1ccc2c(c1)OCO2)C(=O)c1ccc(-c2ccccc2)[nH]1. The Bertz CT molecular complexity index is 1190. The number of H-pyrrole nitrogens is 1. The number of nitrogens with one attached hydrogen (secondary N) is 2. The molecule has 35 heavy (non-hydrogen) atoms. The molecular weight excluding hydrogens is 446 g/mol. The van der Waals surface area contributed by atoms with Gasteiger partial charge in [0.15, 0.2) is 11.5 Å². The van der Waals surface area contributed by atoms with E-state index in [4.69, 9.17) is 14.2 Å². The maximum atomic E-state index is 13.7. The topological polar surface area (TPSA) is 92.9 Å². The predicted molar refractivity (Wildman–Crippen MR) is 130 cm³/mol. The van der Waals surface area contributed by atoms with E-state index >= 15 is 0 Å². The summed E-state index contributed by atoms with van der Waals surface area (Å²) in [5, 5.41) is 2.96. The van der Waals surface area contributed by atoms with Crippen molar-refractivity contribution in [2.75, 3.05) is 19.9 Å². The lowest BCUT2D eigenvalue weighted by molar-refractivity contribution is -0.125. The molecule has 2 atom stereocenters. The van der Waals surface area contributed by atoms with Crippen LogP contribution in [0.15, 0.2) is 60.7 Å². The molecule has 1 aromatic heterocycles. The van der Waals surface area contributed by atoms with E-state index < -0.39 is 6.04 Å². The average Bonchev–Trinajstić information content (AvgIpc) is 3.67. The molecular formula is C27H29N3O5. The Hall–Kier alpha value is -3.78. The molecule has 5 rings (SSSR count). The van der Waals surface area contributed by atoms with E-state index in [1.165, 1.54) is 0 Å². The Kier molecular flexibility index (Phi) is 6.72. The zero-order chi connectivity index (χ0) is 24.2. The van der Waals surface area contributed by atoms with Crippen molar-refractivity contribution in [1.29, 1.82) is 0 Å². The first-order chi connectivity index (χ1) is 17.1. The quantitative estimate of drug-likeness (QED) is 0.518. The Balaban J connectivity index is 1.37. The Morgan fingerprint density at radius 3 is 2.71 bits per heavy atom. The van der Waals surface area contributed by atoms with E-state index in [0.717, 1.165) is 36.3 Å². The van der Waals surface area contributed by atoms with Crippen molar-refractivity contribution in [2.45, 2.75) is 38.5 Å². The third-order valence-electron chi connectivity index (χ3n) is 6.43. The number of nitrogens with zero attached hydrogens (tertiary/aromatic N) is 1. The van der Waals surface area contributed by atoms with Crippen molar-refractivity contribution in [3.05, 3.63) is 71.9 Å². The Morgan fingerprint density at radius 1 is 1.09 bits per heavy atom. The molecule has 8 heteroatoms. The lowest BCUT2D eigenvalue weighted by Gasteiger charge is -2.29. The van der Waals surface area contributed by atoms with Crippen molar-refractivity contribution in [3.63, 3.8) is 0 Å². The number of aromatic nitrogens is 1. The number of fused-ring (bicyclic) bond motifs is 1. The number of hydrogen-bond acceptors (Lipinski definition) is 5. The number of carbonyl (C=O) groups excluding carboxylic acids is 2. The van der Waals surface area contributed by atoms with Gasteiger partial charge < -0.3 is 29.4 Å². The third-order valence-corrected chi connectivity index (χ3v) is 6.43. The van der Waals surface area contributed by atoms with Gasteiger partial charge in [0.05, 0.1) is 6.10 Å². The highest BCUT2D eigenvalue weighted by atomic mass is 16.7. The van der Waals surface area contributed by atoms with Crippen LogP contribution in [-0.4, -0.2) is 53.8 Å². The number of carbonyl (C=O) groups is 2. The van der Waals surface area contributed by atoms with Gasteiger partial charge >= 0.3 is 0 Å². The molecule has 182 valence electrons. The maximum Gasteiger partial charge on any atom is 0.271 e. The molecule has 2 aromatic carbocycles. The molecule has 2 aliphatic rings. The summed E-state index contributed by atoms with van der Waals surface area (Å²) in [7, 11) is 0. The number of rotatable bonds is 8. The lowest BCUT2D eigenvalue weighted by Crippen LogP contribution is -2.49. The fourth-order valence-electron chi connectivity index (χ4n) is 4.39. The first-order valence-electron chi connectivity index (χ1n) is 11.9. The molecule has 2 unspecified atom stereocenters. The first-order valence-corrected chi connectivity index (χ1v) is 11.9. The molecule has 2 amide bonds. The van der Waals surface area contributed by atoms with Gasteiger partial charge in [0.2, 0.25) is 12.7 Å². The van der Waals surface area contributed by atoms with Crippen molar-refractivity contribution in [1.82, 2.24) is 15.2 Å². The molecule has 1 saturated heterocycles. The van der Waals surface area contributed by atoms with Gasteiger partial charge in [0.25, 0.3) is 5.91 Å². The molecule has 3 heterocycles. The molecule has 8 nitrogen and oxygen atoms in total. The number of aromatic amines is 1. The molecule has 2 aliphatic heterocycles. The second-order valence-electron chi connectivity index (χ2n) is 8.83. The maximum absolute atomic E-state index is 13.7. The lowest BCUT2D eigenvalue weighted by atomic mass is 10.1. The van der Waals surface area contributed by atoms with Crippen LogP contribution in [0.3, 0.4) is 0 Å². The minimum Gasteiger partial charge on any atom is -0.454 e. The molecule has 0 bridgehead atoms. The molecule has 2 N–H and O–H groups in total. The monoisotopic (exact) mass is 475 g/mol. The van der Waals surface area contributed by atoms with Crippen LogP contribution in [0.4, 0.5) is 0 Å². The number of benzene rings is 2. The largest absolute Gasteiger partial charge is 0.454 e. The molecule has 1 fully saturated rings. The fraction of sp³-hybridized carbons (Fsp3) is 0.333. The summed E-state index contributed by atoms with van der Waals surface area (Å²) in [6.45, 7) is 3.33. The minimum absolute atomic E-state index is 0.0287. The summed E-state index contributed by atoms with van der Waals surface area (Å²) >= 11 is 0. The molecule has 0 saturated carbocycles. The van der Waals surface area contributed by atoms with Crippen molar-refractivity contribution >= 4 is 11.8 Å². The van der Waals surface area contributed by atoms with E-state index in [-0.39, 0.29) is 31.3 Å². The smallest absolute Gasteiger partial charge is 0.271 e. The van der Waals surface area contributed by atoms with Gasteiger partial charge in [0, 0.05) is 25.4 Å². The first kappa shape index (κ1) is 23.0. The van der Waals surface area contributed by atoms with Crippen LogP contribution in [0, 0.1) is 0 Å². The van der Waals surface area contributed by atoms with Gasteiger partial charge in [-0.25, -0.2) is 0 Å². The normalized spacial score (nSPS) is 17.2. The van der Waals surface area contributed by atoms with E-state index in [2.05, 4.69) is 10.3 Å². The predicted octanol–water partition coefficient (Wildman–Crippen LogP) is 3.74. The zero-order valence-corrected chi connectivity index (χ0v) is 19.7. The highest BCUT2D eigenvalue weighted by Crippen LogP contribution is 2.33. The van der Waals surface area contributed by atoms with Crippen molar-refractivity contribution in [2.24, 2.45) is 0 Å². The Morgan fingerprint density at radius 2 is 1.91 bits per heavy atom. The molecule has 0 aliphatic carbocycles. The van der Waals surface area contributed by atoms with Crippen LogP contribution in [0.25, 0.3) is 11.3 Å². The minimum atomic E-state index is -0.696. The summed E-state index contributed by atoms with van der Waals surface area (Å²) in [6, 6.07) is 18.3. The van der Waals surface area contributed by atoms with Crippen LogP contribution in [0.5, 0.6) is 11.5 Å². The van der Waals surface area contributed by atoms with Crippen LogP contribution in [0.2, 0.25) is 0 Å². The van der Waals surface area contributed by atoms with E-state index in [9.17, 15) is 9.59 Å².